The first kappa shape index (κ1) is 14.6. The van der Waals surface area contributed by atoms with E-state index in [4.69, 9.17) is 0 Å². The summed E-state index contributed by atoms with van der Waals surface area (Å²) in [7, 11) is 3.43. The number of halogens is 3. The number of benzene rings is 1. The molecule has 108 valence electrons. The Bertz CT molecular complexity index is 602. The van der Waals surface area contributed by atoms with E-state index in [-0.39, 0.29) is 11.6 Å². The molecule has 20 heavy (non-hydrogen) atoms. The maximum absolute atomic E-state index is 13.1. The maximum Gasteiger partial charge on any atom is 0.417 e. The molecule has 3 nitrogen and oxygen atoms in total. The van der Waals surface area contributed by atoms with Crippen LogP contribution in [0.25, 0.3) is 11.3 Å². The summed E-state index contributed by atoms with van der Waals surface area (Å²) in [6.45, 7) is 1.90. The van der Waals surface area contributed by atoms with Gasteiger partial charge in [0.05, 0.1) is 17.0 Å². The molecule has 0 bridgehead atoms. The zero-order chi connectivity index (χ0) is 14.9. The Kier molecular flexibility index (Phi) is 3.85. The molecule has 0 aliphatic carbocycles. The second-order valence-electron chi connectivity index (χ2n) is 4.63. The number of nitrogens with one attached hydrogen (secondary N) is 1. The van der Waals surface area contributed by atoms with Gasteiger partial charge in [0.15, 0.2) is 0 Å². The Hall–Kier alpha value is -1.82. The van der Waals surface area contributed by atoms with Crippen LogP contribution in [-0.2, 0) is 13.2 Å². The Morgan fingerprint density at radius 3 is 2.50 bits per heavy atom. The van der Waals surface area contributed by atoms with Gasteiger partial charge in [0.1, 0.15) is 0 Å². The van der Waals surface area contributed by atoms with Crippen molar-refractivity contribution in [3.05, 3.63) is 41.6 Å². The van der Waals surface area contributed by atoms with Gasteiger partial charge in [-0.15, -0.1) is 0 Å². The van der Waals surface area contributed by atoms with Crippen molar-refractivity contribution < 1.29 is 13.2 Å². The molecule has 1 unspecified atom stereocenters. The molecule has 0 fully saturated rings. The number of nitrogens with zero attached hydrogens (tertiary/aromatic N) is 2. The molecular weight excluding hydrogens is 267 g/mol. The number of aryl methyl sites for hydroxylation is 1. The molecule has 0 saturated heterocycles. The van der Waals surface area contributed by atoms with Crippen LogP contribution >= 0.6 is 0 Å². The van der Waals surface area contributed by atoms with Gasteiger partial charge in [-0.25, -0.2) is 0 Å². The summed E-state index contributed by atoms with van der Waals surface area (Å²) in [5.41, 5.74) is 0.660. The van der Waals surface area contributed by atoms with E-state index in [0.29, 0.717) is 11.4 Å². The first-order chi connectivity index (χ1) is 9.34. The minimum absolute atomic E-state index is 0.0204. The Labute approximate surface area is 115 Å². The highest BCUT2D eigenvalue weighted by atomic mass is 19.4. The van der Waals surface area contributed by atoms with Gasteiger partial charge in [0, 0.05) is 18.7 Å². The van der Waals surface area contributed by atoms with E-state index in [1.807, 2.05) is 6.92 Å². The average Bonchev–Trinajstić information content (AvgIpc) is 2.79. The second-order valence-corrected chi connectivity index (χ2v) is 4.63. The molecule has 1 heterocycles. The van der Waals surface area contributed by atoms with Gasteiger partial charge in [-0.2, -0.15) is 18.3 Å². The van der Waals surface area contributed by atoms with Gasteiger partial charge in [0.2, 0.25) is 0 Å². The van der Waals surface area contributed by atoms with Crippen LogP contribution in [0.3, 0.4) is 0 Å². The molecule has 0 spiro atoms. The third-order valence-electron chi connectivity index (χ3n) is 3.28. The SMILES string of the molecule is CNC(C)c1cc(-c2ccccc2C(F)(F)F)n(C)n1. The first-order valence-corrected chi connectivity index (χ1v) is 6.22. The molecule has 2 aromatic rings. The molecule has 0 aliphatic heterocycles. The Balaban J connectivity index is 2.55. The zero-order valence-electron chi connectivity index (χ0n) is 11.5. The minimum Gasteiger partial charge on any atom is -0.312 e. The van der Waals surface area contributed by atoms with E-state index >= 15 is 0 Å². The summed E-state index contributed by atoms with van der Waals surface area (Å²) >= 11 is 0. The zero-order valence-corrected chi connectivity index (χ0v) is 11.5. The molecule has 1 aromatic carbocycles. The van der Waals surface area contributed by atoms with Crippen molar-refractivity contribution >= 4 is 0 Å². The minimum atomic E-state index is -4.38. The fourth-order valence-corrected chi connectivity index (χ4v) is 2.05. The largest absolute Gasteiger partial charge is 0.417 e. The van der Waals surface area contributed by atoms with Crippen LogP contribution in [0.1, 0.15) is 24.2 Å². The van der Waals surface area contributed by atoms with Crippen molar-refractivity contribution in [1.82, 2.24) is 15.1 Å². The van der Waals surface area contributed by atoms with E-state index in [1.54, 1.807) is 26.2 Å². The number of hydrogen-bond acceptors (Lipinski definition) is 2. The van der Waals surface area contributed by atoms with Crippen molar-refractivity contribution in [3.63, 3.8) is 0 Å². The Morgan fingerprint density at radius 2 is 1.90 bits per heavy atom. The Morgan fingerprint density at radius 1 is 1.25 bits per heavy atom. The molecule has 6 heteroatoms. The van der Waals surface area contributed by atoms with Gasteiger partial charge in [-0.3, -0.25) is 4.68 Å². The number of alkyl halides is 3. The van der Waals surface area contributed by atoms with Crippen LogP contribution in [0, 0.1) is 0 Å². The molecule has 1 atom stereocenters. The summed E-state index contributed by atoms with van der Waals surface area (Å²) in [6.07, 6.45) is -4.38. The molecule has 1 N–H and O–H groups in total. The summed E-state index contributed by atoms with van der Waals surface area (Å²) in [5.74, 6) is 0. The van der Waals surface area contributed by atoms with Gasteiger partial charge < -0.3 is 5.32 Å². The van der Waals surface area contributed by atoms with Crippen LogP contribution in [0.2, 0.25) is 0 Å². The van der Waals surface area contributed by atoms with Gasteiger partial charge in [-0.05, 0) is 26.1 Å². The fraction of sp³-hybridized carbons (Fsp3) is 0.357. The lowest BCUT2D eigenvalue weighted by molar-refractivity contribution is -0.137. The summed E-state index contributed by atoms with van der Waals surface area (Å²) < 4.78 is 40.6. The van der Waals surface area contributed by atoms with E-state index < -0.39 is 11.7 Å². The standard InChI is InChI=1S/C14H16F3N3/c1-9(18-2)12-8-13(20(3)19-12)10-6-4-5-7-11(10)14(15,16)17/h4-9,18H,1-3H3. The summed E-state index contributed by atoms with van der Waals surface area (Å²) in [6, 6.07) is 7.20. The summed E-state index contributed by atoms with van der Waals surface area (Å²) in [4.78, 5) is 0. The molecule has 0 radical (unpaired) electrons. The van der Waals surface area contributed by atoms with E-state index in [0.717, 1.165) is 6.07 Å². The molecular formula is C14H16F3N3. The van der Waals surface area contributed by atoms with Crippen LogP contribution in [-0.4, -0.2) is 16.8 Å². The van der Waals surface area contributed by atoms with Crippen LogP contribution in [0.15, 0.2) is 30.3 Å². The van der Waals surface area contributed by atoms with Gasteiger partial charge in [0.25, 0.3) is 0 Å². The normalized spacial score (nSPS) is 13.5. The van der Waals surface area contributed by atoms with E-state index in [2.05, 4.69) is 10.4 Å². The van der Waals surface area contributed by atoms with Gasteiger partial charge in [-0.1, -0.05) is 18.2 Å². The smallest absolute Gasteiger partial charge is 0.312 e. The van der Waals surface area contributed by atoms with Crippen molar-refractivity contribution in [3.8, 4) is 11.3 Å². The van der Waals surface area contributed by atoms with Gasteiger partial charge >= 0.3 is 6.18 Å². The topological polar surface area (TPSA) is 29.9 Å². The van der Waals surface area contributed by atoms with Crippen molar-refractivity contribution in [2.24, 2.45) is 7.05 Å². The highest BCUT2D eigenvalue weighted by Gasteiger charge is 2.34. The third kappa shape index (κ3) is 2.70. The summed E-state index contributed by atoms with van der Waals surface area (Å²) in [5, 5.41) is 7.29. The first-order valence-electron chi connectivity index (χ1n) is 6.22. The third-order valence-corrected chi connectivity index (χ3v) is 3.28. The van der Waals surface area contributed by atoms with Crippen molar-refractivity contribution in [1.29, 1.82) is 0 Å². The lowest BCUT2D eigenvalue weighted by atomic mass is 10.0. The fourth-order valence-electron chi connectivity index (χ4n) is 2.05. The van der Waals surface area contributed by atoms with E-state index in [9.17, 15) is 13.2 Å². The molecule has 1 aromatic heterocycles. The van der Waals surface area contributed by atoms with Crippen molar-refractivity contribution in [2.75, 3.05) is 7.05 Å². The lowest BCUT2D eigenvalue weighted by Crippen LogP contribution is -2.13. The number of aromatic nitrogens is 2. The van der Waals surface area contributed by atoms with E-state index in [1.165, 1.54) is 16.8 Å². The molecule has 0 aliphatic rings. The maximum atomic E-state index is 13.1. The highest BCUT2D eigenvalue weighted by Crippen LogP contribution is 2.37. The quantitative estimate of drug-likeness (QED) is 0.935. The monoisotopic (exact) mass is 283 g/mol. The predicted octanol–water partition coefficient (Wildman–Crippen LogP) is 3.39. The number of hydrogen-bond donors (Lipinski definition) is 1. The van der Waals surface area contributed by atoms with Crippen LogP contribution in [0.4, 0.5) is 13.2 Å². The highest BCUT2D eigenvalue weighted by molar-refractivity contribution is 5.65. The number of rotatable bonds is 3. The molecule has 2 rings (SSSR count). The van der Waals surface area contributed by atoms with Crippen LogP contribution < -0.4 is 5.32 Å². The molecule has 0 amide bonds. The predicted molar refractivity (Wildman–Crippen MR) is 71.1 cm³/mol. The van der Waals surface area contributed by atoms with Crippen LogP contribution in [0.5, 0.6) is 0 Å². The second kappa shape index (κ2) is 5.28. The van der Waals surface area contributed by atoms with Crippen molar-refractivity contribution in [2.45, 2.75) is 19.1 Å². The molecule has 0 saturated carbocycles. The lowest BCUT2D eigenvalue weighted by Gasteiger charge is -2.12. The average molecular weight is 283 g/mol.